The van der Waals surface area contributed by atoms with Crippen molar-refractivity contribution in [1.29, 1.82) is 0 Å². The molecular formula is C35H53N3O5. The number of ether oxygens (including phenoxy) is 1. The van der Waals surface area contributed by atoms with Crippen LogP contribution in [0.4, 0.5) is 4.79 Å². The molecule has 8 nitrogen and oxygen atoms in total. The van der Waals surface area contributed by atoms with Gasteiger partial charge in [-0.05, 0) is 88.8 Å². The Labute approximate surface area is 258 Å². The first kappa shape index (κ1) is 35.6. The van der Waals surface area contributed by atoms with Gasteiger partial charge in [0.15, 0.2) is 0 Å². The maximum Gasteiger partial charge on any atom is 0.408 e. The van der Waals surface area contributed by atoms with Crippen LogP contribution in [0.15, 0.2) is 42.5 Å². The maximum absolute atomic E-state index is 14.7. The Morgan fingerprint density at radius 3 is 2.09 bits per heavy atom. The highest BCUT2D eigenvalue weighted by atomic mass is 16.6. The summed E-state index contributed by atoms with van der Waals surface area (Å²) in [5.41, 5.74) is 2.64. The quantitative estimate of drug-likeness (QED) is 0.194. The number of unbranched alkanes of at least 4 members (excludes halogenated alkanes) is 3. The number of aromatic hydroxyl groups is 1. The number of nitrogens with zero attached hydrogens (tertiary/aromatic N) is 1. The lowest BCUT2D eigenvalue weighted by molar-refractivity contribution is -0.142. The number of alkyl carbamates (subject to hydrolysis) is 1. The van der Waals surface area contributed by atoms with Crippen LogP contribution in [0, 0.1) is 13.8 Å². The summed E-state index contributed by atoms with van der Waals surface area (Å²) in [6.07, 6.45) is 4.88. The molecule has 2 aromatic carbocycles. The number of amides is 3. The van der Waals surface area contributed by atoms with E-state index < -0.39 is 23.8 Å². The van der Waals surface area contributed by atoms with Crippen LogP contribution in [0.1, 0.15) is 108 Å². The second-order valence-corrected chi connectivity index (χ2v) is 12.6. The molecule has 0 heterocycles. The van der Waals surface area contributed by atoms with E-state index in [2.05, 4.69) is 24.5 Å². The van der Waals surface area contributed by atoms with E-state index in [-0.39, 0.29) is 30.0 Å². The van der Waals surface area contributed by atoms with Crippen LogP contribution in [0.2, 0.25) is 0 Å². The minimum absolute atomic E-state index is 0.0611. The van der Waals surface area contributed by atoms with Crippen LogP contribution in [-0.4, -0.2) is 52.1 Å². The molecule has 3 amide bonds. The summed E-state index contributed by atoms with van der Waals surface area (Å²) in [4.78, 5) is 43.5. The molecule has 3 N–H and O–H groups in total. The summed E-state index contributed by atoms with van der Waals surface area (Å²) in [6.45, 7) is 15.8. The van der Waals surface area contributed by atoms with Gasteiger partial charge in [0, 0.05) is 19.0 Å². The van der Waals surface area contributed by atoms with Crippen molar-refractivity contribution in [3.63, 3.8) is 0 Å². The third-order valence-corrected chi connectivity index (χ3v) is 7.39. The van der Waals surface area contributed by atoms with Crippen molar-refractivity contribution < 1.29 is 24.2 Å². The highest BCUT2D eigenvalue weighted by molar-refractivity contribution is 5.93. The number of rotatable bonds is 15. The first-order valence-corrected chi connectivity index (χ1v) is 15.7. The number of benzene rings is 2. The fraction of sp³-hybridized carbons (Fsp3) is 0.571. The zero-order valence-electron chi connectivity index (χ0n) is 27.5. The van der Waals surface area contributed by atoms with Gasteiger partial charge in [0.2, 0.25) is 11.8 Å². The van der Waals surface area contributed by atoms with Crippen molar-refractivity contribution in [2.24, 2.45) is 0 Å². The van der Waals surface area contributed by atoms with E-state index >= 15 is 0 Å². The Balaban J connectivity index is 2.64. The number of hydrogen-bond donors (Lipinski definition) is 3. The van der Waals surface area contributed by atoms with Gasteiger partial charge in [-0.15, -0.1) is 0 Å². The minimum atomic E-state index is -1.00. The van der Waals surface area contributed by atoms with Crippen molar-refractivity contribution in [3.8, 4) is 5.75 Å². The first-order chi connectivity index (χ1) is 20.3. The van der Waals surface area contributed by atoms with E-state index in [1.807, 2.05) is 39.0 Å². The van der Waals surface area contributed by atoms with E-state index in [1.54, 1.807) is 49.9 Å². The second kappa shape index (κ2) is 16.9. The smallest absolute Gasteiger partial charge is 0.408 e. The third-order valence-electron chi connectivity index (χ3n) is 7.39. The molecule has 3 atom stereocenters. The number of phenols is 1. The first-order valence-electron chi connectivity index (χ1n) is 15.7. The van der Waals surface area contributed by atoms with Gasteiger partial charge in [-0.25, -0.2) is 4.79 Å². The van der Waals surface area contributed by atoms with Crippen molar-refractivity contribution in [1.82, 2.24) is 15.5 Å². The van der Waals surface area contributed by atoms with Gasteiger partial charge in [-0.3, -0.25) is 9.59 Å². The van der Waals surface area contributed by atoms with Crippen LogP contribution in [0.25, 0.3) is 0 Å². The highest BCUT2D eigenvalue weighted by Crippen LogP contribution is 2.30. The van der Waals surface area contributed by atoms with Crippen molar-refractivity contribution in [2.45, 2.75) is 124 Å². The van der Waals surface area contributed by atoms with E-state index in [1.165, 1.54) is 0 Å². The molecule has 0 aliphatic rings. The van der Waals surface area contributed by atoms with Gasteiger partial charge in [-0.2, -0.15) is 0 Å². The molecule has 0 bridgehead atoms. The zero-order chi connectivity index (χ0) is 32.2. The number of aryl methyl sites for hydroxylation is 2. The Morgan fingerprint density at radius 1 is 0.907 bits per heavy atom. The van der Waals surface area contributed by atoms with Crippen LogP contribution >= 0.6 is 0 Å². The van der Waals surface area contributed by atoms with Gasteiger partial charge >= 0.3 is 6.09 Å². The lowest BCUT2D eigenvalue weighted by Crippen LogP contribution is -2.54. The lowest BCUT2D eigenvalue weighted by Gasteiger charge is -2.36. The molecular weight excluding hydrogens is 542 g/mol. The average Bonchev–Trinajstić information content (AvgIpc) is 2.91. The van der Waals surface area contributed by atoms with Gasteiger partial charge < -0.3 is 25.4 Å². The van der Waals surface area contributed by atoms with Gasteiger partial charge in [0.1, 0.15) is 23.4 Å². The molecule has 0 radical (unpaired) electrons. The second-order valence-electron chi connectivity index (χ2n) is 12.6. The van der Waals surface area contributed by atoms with Gasteiger partial charge in [-0.1, -0.05) is 69.9 Å². The number of nitrogens with one attached hydrogen (secondary N) is 2. The van der Waals surface area contributed by atoms with Gasteiger partial charge in [0.05, 0.1) is 0 Å². The Bertz CT molecular complexity index is 1170. The number of carbonyl (C=O) groups excluding carboxylic acids is 3. The Kier molecular flexibility index (Phi) is 14.0. The average molecular weight is 596 g/mol. The van der Waals surface area contributed by atoms with Crippen molar-refractivity contribution in [2.75, 3.05) is 6.54 Å². The molecule has 2 rings (SSSR count). The molecule has 3 unspecified atom stereocenters. The topological polar surface area (TPSA) is 108 Å². The summed E-state index contributed by atoms with van der Waals surface area (Å²) in [7, 11) is 0. The number of hydrogen-bond acceptors (Lipinski definition) is 5. The molecule has 2 aromatic rings. The molecule has 238 valence electrons. The van der Waals surface area contributed by atoms with E-state index in [4.69, 9.17) is 4.74 Å². The SMILES string of the molecule is CCCCCCN(C(=O)C(Cc1ccc(O)cc1)NC(=O)OC(C)(C)C)C(C(=O)NC(C)CCC)c1c(C)cccc1C. The third kappa shape index (κ3) is 11.6. The predicted octanol–water partition coefficient (Wildman–Crippen LogP) is 6.90. The number of carbonyl (C=O) groups is 3. The zero-order valence-corrected chi connectivity index (χ0v) is 27.5. The molecule has 0 saturated carbocycles. The van der Waals surface area contributed by atoms with Crippen molar-refractivity contribution >= 4 is 17.9 Å². The summed E-state index contributed by atoms with van der Waals surface area (Å²) >= 11 is 0. The Hall–Kier alpha value is -3.55. The molecule has 0 aliphatic carbocycles. The molecule has 8 heteroatoms. The van der Waals surface area contributed by atoms with Crippen LogP contribution in [0.3, 0.4) is 0 Å². The number of phenolic OH excluding ortho intramolecular Hbond substituents is 1. The summed E-state index contributed by atoms with van der Waals surface area (Å²) in [6, 6.07) is 10.5. The van der Waals surface area contributed by atoms with E-state index in [9.17, 15) is 19.5 Å². The molecule has 43 heavy (non-hydrogen) atoms. The van der Waals surface area contributed by atoms with Crippen LogP contribution < -0.4 is 10.6 Å². The van der Waals surface area contributed by atoms with Crippen molar-refractivity contribution in [3.05, 3.63) is 64.7 Å². The summed E-state index contributed by atoms with van der Waals surface area (Å²) in [5, 5.41) is 15.8. The molecule has 0 saturated heterocycles. The largest absolute Gasteiger partial charge is 0.508 e. The van der Waals surface area contributed by atoms with Crippen LogP contribution in [-0.2, 0) is 20.7 Å². The molecule has 0 fully saturated rings. The highest BCUT2D eigenvalue weighted by Gasteiger charge is 2.37. The normalized spacial score (nSPS) is 13.5. The fourth-order valence-corrected chi connectivity index (χ4v) is 5.31. The molecule has 0 aliphatic heterocycles. The Morgan fingerprint density at radius 2 is 1.53 bits per heavy atom. The monoisotopic (exact) mass is 595 g/mol. The maximum atomic E-state index is 14.7. The minimum Gasteiger partial charge on any atom is -0.508 e. The lowest BCUT2D eigenvalue weighted by atomic mass is 9.92. The summed E-state index contributed by atoms with van der Waals surface area (Å²) < 4.78 is 5.54. The summed E-state index contributed by atoms with van der Waals surface area (Å²) in [5.74, 6) is -0.485. The van der Waals surface area contributed by atoms with Crippen LogP contribution in [0.5, 0.6) is 5.75 Å². The van der Waals surface area contributed by atoms with E-state index in [0.717, 1.165) is 60.8 Å². The molecule has 0 spiro atoms. The predicted molar refractivity (Wildman–Crippen MR) is 172 cm³/mol. The van der Waals surface area contributed by atoms with E-state index in [0.29, 0.717) is 6.54 Å². The van der Waals surface area contributed by atoms with Gasteiger partial charge in [0.25, 0.3) is 0 Å². The standard InChI is InChI=1S/C35H53N3O5/c1-9-11-12-13-22-38(31(32(40)36-26(5)15-10-2)30-24(3)16-14-17-25(30)4)33(41)29(37-34(42)43-35(6,7)8)23-27-18-20-28(39)21-19-27/h14,16-21,26,29,31,39H,9-13,15,22-23H2,1-8H3,(H,36,40)(H,37,42). The fourth-order valence-electron chi connectivity index (χ4n) is 5.31. The molecule has 0 aromatic heterocycles.